The predicted molar refractivity (Wildman–Crippen MR) is 122 cm³/mol. The highest BCUT2D eigenvalue weighted by Gasteiger charge is 2.02. The zero-order valence-corrected chi connectivity index (χ0v) is 19.3. The summed E-state index contributed by atoms with van der Waals surface area (Å²) in [5.74, 6) is 0. The summed E-state index contributed by atoms with van der Waals surface area (Å²) in [4.78, 5) is 0. The average molecular weight is 387 g/mol. The van der Waals surface area contributed by atoms with Gasteiger partial charge in [-0.1, -0.05) is 129 Å². The van der Waals surface area contributed by atoms with Gasteiger partial charge in [-0.25, -0.2) is 0 Å². The third-order valence-electron chi connectivity index (χ3n) is 5.28. The number of unbranched alkanes of at least 4 members (excludes halogenated alkanes) is 16. The first-order valence-corrected chi connectivity index (χ1v) is 12.5. The second-order valence-electron chi connectivity index (χ2n) is 8.20. The number of hydrogen-bond donors (Lipinski definition) is 2. The molecule has 2 heteroatoms. The fourth-order valence-corrected chi connectivity index (χ4v) is 3.51. The van der Waals surface area contributed by atoms with Gasteiger partial charge in [0, 0.05) is 6.61 Å². The number of aliphatic hydroxyl groups is 2. The van der Waals surface area contributed by atoms with Gasteiger partial charge in [0.1, 0.15) is 0 Å². The minimum absolute atomic E-state index is 0.0309. The maximum atomic E-state index is 9.80. The van der Waals surface area contributed by atoms with Crippen LogP contribution in [0.2, 0.25) is 0 Å². The fourth-order valence-electron chi connectivity index (χ4n) is 3.51. The molecule has 0 radical (unpaired) electrons. The molecule has 0 bridgehead atoms. The molecule has 2 N–H and O–H groups in total. The molecule has 1 unspecified atom stereocenters. The molecule has 0 aromatic rings. The quantitative estimate of drug-likeness (QED) is 0.207. The Morgan fingerprint density at radius 1 is 0.444 bits per heavy atom. The molecule has 0 amide bonds. The third kappa shape index (κ3) is 30.9. The summed E-state index contributed by atoms with van der Waals surface area (Å²) in [6.45, 7) is 6.42. The van der Waals surface area contributed by atoms with Crippen molar-refractivity contribution in [3.8, 4) is 0 Å². The van der Waals surface area contributed by atoms with Gasteiger partial charge in [-0.3, -0.25) is 0 Å². The molecule has 166 valence electrons. The molecule has 0 aromatic carbocycles. The van der Waals surface area contributed by atoms with E-state index in [4.69, 9.17) is 5.11 Å². The van der Waals surface area contributed by atoms with E-state index in [0.29, 0.717) is 0 Å². The van der Waals surface area contributed by atoms with Crippen LogP contribution in [0.15, 0.2) is 0 Å². The monoisotopic (exact) mass is 386 g/mol. The molecular formula is C25H54O2. The van der Waals surface area contributed by atoms with Gasteiger partial charge in [-0.05, 0) is 19.8 Å². The molecule has 0 aliphatic carbocycles. The summed E-state index contributed by atoms with van der Waals surface area (Å²) in [5, 5.41) is 17.4. The van der Waals surface area contributed by atoms with Gasteiger partial charge in [0.25, 0.3) is 0 Å². The van der Waals surface area contributed by atoms with Crippen molar-refractivity contribution in [2.24, 2.45) is 0 Å². The molecule has 0 fully saturated rings. The van der Waals surface area contributed by atoms with Gasteiger partial charge in [-0.2, -0.15) is 0 Å². The lowest BCUT2D eigenvalue weighted by Gasteiger charge is -2.09. The molecule has 0 saturated heterocycles. The SMILES string of the molecule is CCCCCCCCCCCCCCCCCCC(O)CCCC.CCO. The summed E-state index contributed by atoms with van der Waals surface area (Å²) < 4.78 is 0. The van der Waals surface area contributed by atoms with Crippen molar-refractivity contribution in [1.29, 1.82) is 0 Å². The van der Waals surface area contributed by atoms with E-state index >= 15 is 0 Å². The minimum atomic E-state index is -0.0309. The van der Waals surface area contributed by atoms with Gasteiger partial charge >= 0.3 is 0 Å². The topological polar surface area (TPSA) is 40.5 Å². The number of hydrogen-bond acceptors (Lipinski definition) is 2. The third-order valence-corrected chi connectivity index (χ3v) is 5.28. The zero-order valence-electron chi connectivity index (χ0n) is 19.3. The highest BCUT2D eigenvalue weighted by Crippen LogP contribution is 2.15. The van der Waals surface area contributed by atoms with Gasteiger partial charge in [0.15, 0.2) is 0 Å². The van der Waals surface area contributed by atoms with Gasteiger partial charge < -0.3 is 10.2 Å². The predicted octanol–water partition coefficient (Wildman–Crippen LogP) is 8.19. The van der Waals surface area contributed by atoms with Crippen LogP contribution in [0.1, 0.15) is 149 Å². The summed E-state index contributed by atoms with van der Waals surface area (Å²) in [7, 11) is 0. The van der Waals surface area contributed by atoms with Crippen molar-refractivity contribution in [3.63, 3.8) is 0 Å². The van der Waals surface area contributed by atoms with E-state index in [1.807, 2.05) is 0 Å². The van der Waals surface area contributed by atoms with Crippen molar-refractivity contribution < 1.29 is 10.2 Å². The van der Waals surface area contributed by atoms with Gasteiger partial charge in [0.2, 0.25) is 0 Å². The summed E-state index contributed by atoms with van der Waals surface area (Å²) in [5.41, 5.74) is 0. The van der Waals surface area contributed by atoms with Crippen LogP contribution in [-0.2, 0) is 0 Å². The molecular weight excluding hydrogens is 332 g/mol. The van der Waals surface area contributed by atoms with Crippen LogP contribution < -0.4 is 0 Å². The lowest BCUT2D eigenvalue weighted by Crippen LogP contribution is -2.05. The Hall–Kier alpha value is -0.0800. The Labute approximate surface area is 172 Å². The maximum Gasteiger partial charge on any atom is 0.0540 e. The Bertz CT molecular complexity index is 230. The molecule has 0 heterocycles. The van der Waals surface area contributed by atoms with Crippen LogP contribution in [0.25, 0.3) is 0 Å². The molecule has 0 aliphatic heterocycles. The Kier molecular flexibility index (Phi) is 30.3. The summed E-state index contributed by atoms with van der Waals surface area (Å²) >= 11 is 0. The van der Waals surface area contributed by atoms with Crippen LogP contribution in [0.4, 0.5) is 0 Å². The van der Waals surface area contributed by atoms with Crippen LogP contribution in [-0.4, -0.2) is 22.9 Å². The van der Waals surface area contributed by atoms with E-state index in [-0.39, 0.29) is 12.7 Å². The van der Waals surface area contributed by atoms with E-state index in [9.17, 15) is 5.11 Å². The number of rotatable bonds is 20. The van der Waals surface area contributed by atoms with Crippen molar-refractivity contribution in [2.45, 2.75) is 155 Å². The first-order chi connectivity index (χ1) is 13.2. The molecule has 2 nitrogen and oxygen atoms in total. The summed E-state index contributed by atoms with van der Waals surface area (Å²) in [6.07, 6.45) is 27.1. The largest absolute Gasteiger partial charge is 0.397 e. The lowest BCUT2D eigenvalue weighted by molar-refractivity contribution is 0.148. The lowest BCUT2D eigenvalue weighted by atomic mass is 10.0. The molecule has 0 spiro atoms. The maximum absolute atomic E-state index is 9.80. The van der Waals surface area contributed by atoms with Crippen molar-refractivity contribution in [1.82, 2.24) is 0 Å². The number of aliphatic hydroxyl groups excluding tert-OH is 2. The first kappa shape index (κ1) is 29.1. The standard InChI is InChI=1S/C23H48O.C2H6O/c1-3-5-7-8-9-10-11-12-13-14-15-16-17-18-19-20-22-23(24)21-6-4-2;1-2-3/h23-24H,3-22H2,1-2H3;3H,2H2,1H3. The highest BCUT2D eigenvalue weighted by molar-refractivity contribution is 4.56. The molecule has 27 heavy (non-hydrogen) atoms. The molecule has 0 aromatic heterocycles. The first-order valence-electron chi connectivity index (χ1n) is 12.5. The van der Waals surface area contributed by atoms with Crippen molar-refractivity contribution >= 4 is 0 Å². The van der Waals surface area contributed by atoms with Crippen LogP contribution >= 0.6 is 0 Å². The van der Waals surface area contributed by atoms with Crippen molar-refractivity contribution in [3.05, 3.63) is 0 Å². The van der Waals surface area contributed by atoms with E-state index in [0.717, 1.165) is 12.8 Å². The van der Waals surface area contributed by atoms with Crippen molar-refractivity contribution in [2.75, 3.05) is 6.61 Å². The second-order valence-corrected chi connectivity index (χ2v) is 8.20. The Morgan fingerprint density at radius 2 is 0.704 bits per heavy atom. The molecule has 1 atom stereocenters. The normalized spacial score (nSPS) is 11.9. The van der Waals surface area contributed by atoms with Crippen LogP contribution in [0.5, 0.6) is 0 Å². The van der Waals surface area contributed by atoms with E-state index < -0.39 is 0 Å². The zero-order chi connectivity index (χ0) is 20.4. The van der Waals surface area contributed by atoms with Crippen LogP contribution in [0, 0.1) is 0 Å². The Balaban J connectivity index is 0. The second kappa shape index (κ2) is 28.1. The Morgan fingerprint density at radius 3 is 1.04 bits per heavy atom. The minimum Gasteiger partial charge on any atom is -0.397 e. The van der Waals surface area contributed by atoms with Crippen LogP contribution in [0.3, 0.4) is 0 Å². The van der Waals surface area contributed by atoms with Gasteiger partial charge in [0.05, 0.1) is 6.10 Å². The molecule has 0 rings (SSSR count). The molecule has 0 saturated carbocycles. The molecule has 0 aliphatic rings. The van der Waals surface area contributed by atoms with E-state index in [1.54, 1.807) is 6.92 Å². The summed E-state index contributed by atoms with van der Waals surface area (Å²) in [6, 6.07) is 0. The van der Waals surface area contributed by atoms with E-state index in [2.05, 4.69) is 13.8 Å². The van der Waals surface area contributed by atoms with Gasteiger partial charge in [-0.15, -0.1) is 0 Å². The average Bonchev–Trinajstić information content (AvgIpc) is 2.66. The smallest absolute Gasteiger partial charge is 0.0540 e. The van der Waals surface area contributed by atoms with E-state index in [1.165, 1.54) is 116 Å². The highest BCUT2D eigenvalue weighted by atomic mass is 16.3. The fraction of sp³-hybridized carbons (Fsp3) is 1.00.